The van der Waals surface area contributed by atoms with Gasteiger partial charge in [0.05, 0.1) is 6.10 Å². The Morgan fingerprint density at radius 3 is 2.90 bits per heavy atom. The number of ketones is 1. The van der Waals surface area contributed by atoms with Gasteiger partial charge >= 0.3 is 5.97 Å². The predicted octanol–water partition coefficient (Wildman–Crippen LogP) is 3.86. The quantitative estimate of drug-likeness (QED) is 0.335. The molecule has 0 N–H and O–H groups in total. The number of hydrogen-bond donors (Lipinski definition) is 0. The van der Waals surface area contributed by atoms with Crippen LogP contribution in [0.2, 0.25) is 0 Å². The molecule has 0 bridgehead atoms. The fourth-order valence-corrected chi connectivity index (χ4v) is 3.72. The average molecular weight is 408 g/mol. The van der Waals surface area contributed by atoms with E-state index in [1.165, 1.54) is 12.2 Å². The fourth-order valence-electron chi connectivity index (χ4n) is 3.72. The van der Waals surface area contributed by atoms with Crippen LogP contribution < -0.4 is 0 Å². The van der Waals surface area contributed by atoms with Crippen LogP contribution in [-0.2, 0) is 20.8 Å². The monoisotopic (exact) mass is 408 g/mol. The largest absolute Gasteiger partial charge is 0.454 e. The highest BCUT2D eigenvalue weighted by Gasteiger charge is 2.21. The highest BCUT2D eigenvalue weighted by atomic mass is 16.5. The first-order valence-electron chi connectivity index (χ1n) is 10.0. The number of esters is 1. The summed E-state index contributed by atoms with van der Waals surface area (Å²) in [6.07, 6.45) is 4.93. The van der Waals surface area contributed by atoms with Crippen molar-refractivity contribution in [2.45, 2.75) is 39.3 Å². The minimum absolute atomic E-state index is 0.188. The molecule has 1 aliphatic heterocycles. The number of oxazole rings is 1. The topological polar surface area (TPSA) is 83.6 Å². The smallest absolute Gasteiger partial charge is 0.331 e. The third kappa shape index (κ3) is 4.36. The number of ether oxygens (including phenoxy) is 2. The van der Waals surface area contributed by atoms with Crippen molar-refractivity contribution in [1.82, 2.24) is 9.55 Å². The average Bonchev–Trinajstić information content (AvgIpc) is 3.46. The Bertz CT molecular complexity index is 1070. The summed E-state index contributed by atoms with van der Waals surface area (Å²) < 4.78 is 18.4. The molecular weight excluding hydrogens is 384 g/mol. The molecule has 3 aromatic rings. The summed E-state index contributed by atoms with van der Waals surface area (Å²) >= 11 is 0. The summed E-state index contributed by atoms with van der Waals surface area (Å²) in [4.78, 5) is 28.8. The fraction of sp³-hybridized carbons (Fsp3) is 0.348. The Morgan fingerprint density at radius 2 is 2.13 bits per heavy atom. The molecule has 0 aliphatic carbocycles. The van der Waals surface area contributed by atoms with E-state index in [0.717, 1.165) is 37.4 Å². The van der Waals surface area contributed by atoms with E-state index in [9.17, 15) is 9.59 Å². The number of aromatic nitrogens is 2. The van der Waals surface area contributed by atoms with Crippen LogP contribution in [0.4, 0.5) is 0 Å². The van der Waals surface area contributed by atoms with Gasteiger partial charge in [0, 0.05) is 42.3 Å². The summed E-state index contributed by atoms with van der Waals surface area (Å²) in [5.41, 5.74) is 3.78. The summed E-state index contributed by atoms with van der Waals surface area (Å²) in [5.74, 6) is -0.554. The highest BCUT2D eigenvalue weighted by Crippen LogP contribution is 2.21. The maximum absolute atomic E-state index is 12.6. The van der Waals surface area contributed by atoms with Gasteiger partial charge in [-0.2, -0.15) is 0 Å². The van der Waals surface area contributed by atoms with E-state index in [-0.39, 0.29) is 18.5 Å². The zero-order valence-electron chi connectivity index (χ0n) is 17.1. The van der Waals surface area contributed by atoms with E-state index < -0.39 is 5.97 Å². The second-order valence-corrected chi connectivity index (χ2v) is 7.41. The van der Waals surface area contributed by atoms with Gasteiger partial charge in [-0.25, -0.2) is 9.78 Å². The van der Waals surface area contributed by atoms with E-state index in [1.807, 2.05) is 38.1 Å². The van der Waals surface area contributed by atoms with E-state index in [0.29, 0.717) is 22.6 Å². The second-order valence-electron chi connectivity index (χ2n) is 7.41. The number of nitrogens with zero attached hydrogens (tertiary/aromatic N) is 2. The molecule has 0 radical (unpaired) electrons. The van der Waals surface area contributed by atoms with Crippen molar-refractivity contribution in [2.75, 3.05) is 13.2 Å². The van der Waals surface area contributed by atoms with Crippen molar-refractivity contribution in [3.8, 4) is 0 Å². The lowest BCUT2D eigenvalue weighted by molar-refractivity contribution is -0.136. The standard InChI is InChI=1S/C23H24N2O5/c1-15-12-18(16(2)25(15)13-17-6-5-11-28-17)20(26)14-29-23(27)10-9-22-24-19-7-3-4-8-21(19)30-22/h3-4,7-10,12,17H,5-6,11,13-14H2,1-2H3/b10-9+/t17-/m0/s1. The van der Waals surface area contributed by atoms with Crippen LogP contribution in [0.25, 0.3) is 17.2 Å². The molecule has 1 fully saturated rings. The van der Waals surface area contributed by atoms with Crippen LogP contribution in [0.5, 0.6) is 0 Å². The normalized spacial score (nSPS) is 16.5. The number of Topliss-reactive ketones (excluding diaryl/α,β-unsaturated/α-hetero) is 1. The lowest BCUT2D eigenvalue weighted by atomic mass is 10.1. The molecule has 3 heterocycles. The van der Waals surface area contributed by atoms with Crippen LogP contribution in [0, 0.1) is 13.8 Å². The number of carbonyl (C=O) groups is 2. The first-order chi connectivity index (χ1) is 14.5. The van der Waals surface area contributed by atoms with Gasteiger partial charge in [-0.15, -0.1) is 0 Å². The van der Waals surface area contributed by atoms with E-state index in [4.69, 9.17) is 13.9 Å². The van der Waals surface area contributed by atoms with Gasteiger partial charge in [0.15, 0.2) is 12.2 Å². The van der Waals surface area contributed by atoms with Gasteiger partial charge < -0.3 is 18.5 Å². The molecule has 0 spiro atoms. The Kier molecular flexibility index (Phi) is 5.81. The molecule has 0 unspecified atom stereocenters. The molecule has 4 rings (SSSR count). The van der Waals surface area contributed by atoms with Crippen molar-refractivity contribution in [1.29, 1.82) is 0 Å². The number of aryl methyl sites for hydroxylation is 1. The molecule has 0 amide bonds. The Balaban J connectivity index is 1.35. The Hall–Kier alpha value is -3.19. The third-order valence-electron chi connectivity index (χ3n) is 5.30. The van der Waals surface area contributed by atoms with Gasteiger partial charge in [0.2, 0.25) is 11.7 Å². The molecule has 2 aromatic heterocycles. The minimum atomic E-state index is -0.626. The molecule has 0 saturated carbocycles. The number of hydrogen-bond acceptors (Lipinski definition) is 6. The minimum Gasteiger partial charge on any atom is -0.454 e. The molecule has 7 nitrogen and oxygen atoms in total. The molecule has 156 valence electrons. The summed E-state index contributed by atoms with van der Waals surface area (Å²) in [6, 6.07) is 9.16. The number of carbonyl (C=O) groups excluding carboxylic acids is 2. The number of para-hydroxylation sites is 2. The molecule has 1 aliphatic rings. The first-order valence-corrected chi connectivity index (χ1v) is 10.0. The van der Waals surface area contributed by atoms with Gasteiger partial charge in [-0.3, -0.25) is 4.79 Å². The van der Waals surface area contributed by atoms with Crippen LogP contribution in [0.1, 0.15) is 40.5 Å². The molecule has 1 atom stereocenters. The molecule has 30 heavy (non-hydrogen) atoms. The zero-order valence-corrected chi connectivity index (χ0v) is 17.1. The van der Waals surface area contributed by atoms with Crippen molar-refractivity contribution >= 4 is 28.9 Å². The summed E-state index contributed by atoms with van der Waals surface area (Å²) in [7, 11) is 0. The van der Waals surface area contributed by atoms with Gasteiger partial charge in [0.1, 0.15) is 5.52 Å². The van der Waals surface area contributed by atoms with Crippen LogP contribution in [0.15, 0.2) is 40.8 Å². The SMILES string of the molecule is Cc1cc(C(=O)COC(=O)/C=C/c2nc3ccccc3o2)c(C)n1C[C@@H]1CCCO1. The van der Waals surface area contributed by atoms with Crippen LogP contribution in [-0.4, -0.2) is 40.6 Å². The van der Waals surface area contributed by atoms with Crippen molar-refractivity contribution < 1.29 is 23.5 Å². The molecular formula is C23H24N2O5. The lowest BCUT2D eigenvalue weighted by Gasteiger charge is -2.14. The Labute approximate surface area is 174 Å². The van der Waals surface area contributed by atoms with Crippen LogP contribution in [0.3, 0.4) is 0 Å². The van der Waals surface area contributed by atoms with Gasteiger partial charge in [-0.1, -0.05) is 12.1 Å². The van der Waals surface area contributed by atoms with Gasteiger partial charge in [-0.05, 0) is 44.9 Å². The predicted molar refractivity (Wildman–Crippen MR) is 111 cm³/mol. The maximum Gasteiger partial charge on any atom is 0.331 e. The van der Waals surface area contributed by atoms with E-state index >= 15 is 0 Å². The van der Waals surface area contributed by atoms with E-state index in [1.54, 1.807) is 6.07 Å². The lowest BCUT2D eigenvalue weighted by Crippen LogP contribution is -2.18. The molecule has 7 heteroatoms. The van der Waals surface area contributed by atoms with Crippen LogP contribution >= 0.6 is 0 Å². The second kappa shape index (κ2) is 8.67. The number of fused-ring (bicyclic) bond motifs is 1. The zero-order chi connectivity index (χ0) is 21.1. The van der Waals surface area contributed by atoms with Crippen molar-refractivity contribution in [3.63, 3.8) is 0 Å². The summed E-state index contributed by atoms with van der Waals surface area (Å²) in [6.45, 7) is 5.08. The van der Waals surface area contributed by atoms with Crippen molar-refractivity contribution in [2.24, 2.45) is 0 Å². The van der Waals surface area contributed by atoms with Gasteiger partial charge in [0.25, 0.3) is 0 Å². The van der Waals surface area contributed by atoms with E-state index in [2.05, 4.69) is 9.55 Å². The number of rotatable bonds is 7. The first kappa shape index (κ1) is 20.1. The van der Waals surface area contributed by atoms with Crippen molar-refractivity contribution in [3.05, 3.63) is 59.2 Å². The summed E-state index contributed by atoms with van der Waals surface area (Å²) in [5, 5.41) is 0. The molecule has 1 saturated heterocycles. The maximum atomic E-state index is 12.6. The number of benzene rings is 1. The molecule has 1 aromatic carbocycles. The third-order valence-corrected chi connectivity index (χ3v) is 5.30. The highest BCUT2D eigenvalue weighted by molar-refractivity contribution is 6.00. The Morgan fingerprint density at radius 1 is 1.30 bits per heavy atom.